The number of anilines is 1. The molecule has 0 aromatic carbocycles. The molecule has 2 atom stereocenters. The van der Waals surface area contributed by atoms with Gasteiger partial charge in [0.25, 0.3) is 0 Å². The number of nitrogens with one attached hydrogen (secondary N) is 2. The smallest absolute Gasteiger partial charge is 0.382 e. The van der Waals surface area contributed by atoms with Crippen LogP contribution in [0.1, 0.15) is 32.4 Å². The van der Waals surface area contributed by atoms with Crippen molar-refractivity contribution < 1.29 is 27.5 Å². The molecule has 156 valence electrons. The van der Waals surface area contributed by atoms with Crippen molar-refractivity contribution in [2.45, 2.75) is 39.0 Å². The van der Waals surface area contributed by atoms with E-state index in [2.05, 4.69) is 15.5 Å². The van der Waals surface area contributed by atoms with Crippen LogP contribution in [0.5, 0.6) is 0 Å². The zero-order valence-corrected chi connectivity index (χ0v) is 16.5. The fourth-order valence-electron chi connectivity index (χ4n) is 2.51. The second-order valence-corrected chi connectivity index (χ2v) is 7.71. The minimum absolute atomic E-state index is 0.0624. The number of alkyl halides is 3. The van der Waals surface area contributed by atoms with Crippen LogP contribution < -0.4 is 10.6 Å². The number of hydrogen-bond donors (Lipinski definition) is 2. The molecule has 0 aliphatic carbocycles. The van der Waals surface area contributed by atoms with Gasteiger partial charge in [0, 0.05) is 18.1 Å². The quantitative estimate of drug-likeness (QED) is 0.759. The third-order valence-electron chi connectivity index (χ3n) is 4.09. The molecule has 1 aromatic heterocycles. The van der Waals surface area contributed by atoms with E-state index in [0.29, 0.717) is 0 Å². The number of carbonyl (C=O) groups is 2. The van der Waals surface area contributed by atoms with E-state index in [4.69, 9.17) is 16.3 Å². The summed E-state index contributed by atoms with van der Waals surface area (Å²) in [6, 6.07) is -2.49. The van der Waals surface area contributed by atoms with Crippen LogP contribution in [-0.2, 0) is 9.53 Å². The van der Waals surface area contributed by atoms with Crippen LogP contribution in [0, 0.1) is 5.41 Å². The first-order valence-electron chi connectivity index (χ1n) is 8.32. The molecule has 28 heavy (non-hydrogen) atoms. The number of hydrogen-bond acceptors (Lipinski definition) is 5. The van der Waals surface area contributed by atoms with Crippen LogP contribution in [0.25, 0.3) is 0 Å². The first kappa shape index (κ1) is 22.2. The molecule has 2 heterocycles. The Morgan fingerprint density at radius 2 is 2.07 bits per heavy atom. The highest BCUT2D eigenvalue weighted by Gasteiger charge is 2.48. The molecule has 3 amide bonds. The standard InChI is InChI=1S/C16H21ClF3N5O3/c1-15(2,3)13(26)22-11-5-8(12(17)24-23-11)9(7-28-4)25-6-10(16(18,19)20)21-14(25)27/h5,9-10H,6-7H2,1-4H3,(H,21,27)(H,22,23,26)/t9-,10+/m1/s1. The van der Waals surface area contributed by atoms with Crippen LogP contribution in [0.4, 0.5) is 23.8 Å². The van der Waals surface area contributed by atoms with Crippen LogP contribution in [0.3, 0.4) is 0 Å². The highest BCUT2D eigenvalue weighted by molar-refractivity contribution is 6.30. The van der Waals surface area contributed by atoms with Gasteiger partial charge in [0.15, 0.2) is 11.0 Å². The summed E-state index contributed by atoms with van der Waals surface area (Å²) >= 11 is 6.08. The van der Waals surface area contributed by atoms with Crippen molar-refractivity contribution in [3.63, 3.8) is 0 Å². The molecule has 1 saturated heterocycles. The van der Waals surface area contributed by atoms with Gasteiger partial charge in [-0.1, -0.05) is 32.4 Å². The number of methoxy groups -OCH3 is 1. The van der Waals surface area contributed by atoms with Gasteiger partial charge in [-0.15, -0.1) is 10.2 Å². The van der Waals surface area contributed by atoms with Gasteiger partial charge < -0.3 is 20.3 Å². The normalized spacial score (nSPS) is 18.8. The lowest BCUT2D eigenvalue weighted by atomic mass is 9.96. The maximum absolute atomic E-state index is 13.0. The van der Waals surface area contributed by atoms with E-state index in [1.165, 1.54) is 13.2 Å². The van der Waals surface area contributed by atoms with Gasteiger partial charge in [0.05, 0.1) is 19.2 Å². The minimum atomic E-state index is -4.59. The SMILES string of the molecule is COC[C@H](c1cc(NC(=O)C(C)(C)C)nnc1Cl)N1C[C@@H](C(F)(F)F)NC1=O. The fourth-order valence-corrected chi connectivity index (χ4v) is 2.72. The van der Waals surface area contributed by atoms with Gasteiger partial charge >= 0.3 is 12.2 Å². The predicted octanol–water partition coefficient (Wildman–Crippen LogP) is 2.76. The first-order valence-corrected chi connectivity index (χ1v) is 8.69. The average molecular weight is 424 g/mol. The molecule has 0 unspecified atom stereocenters. The van der Waals surface area contributed by atoms with Crippen molar-refractivity contribution in [1.29, 1.82) is 0 Å². The number of nitrogens with zero attached hydrogens (tertiary/aromatic N) is 3. The summed E-state index contributed by atoms with van der Waals surface area (Å²) in [5.41, 5.74) is -0.497. The molecule has 0 bridgehead atoms. The average Bonchev–Trinajstić information content (AvgIpc) is 2.95. The molecule has 8 nitrogen and oxygen atoms in total. The predicted molar refractivity (Wildman–Crippen MR) is 94.8 cm³/mol. The lowest BCUT2D eigenvalue weighted by Gasteiger charge is -2.27. The number of amides is 3. The van der Waals surface area contributed by atoms with Gasteiger partial charge in [-0.05, 0) is 6.07 Å². The largest absolute Gasteiger partial charge is 0.410 e. The van der Waals surface area contributed by atoms with Crippen molar-refractivity contribution in [2.24, 2.45) is 5.41 Å². The van der Waals surface area contributed by atoms with Crippen molar-refractivity contribution in [1.82, 2.24) is 20.4 Å². The Kier molecular flexibility index (Phi) is 6.39. The van der Waals surface area contributed by atoms with Gasteiger partial charge in [-0.25, -0.2) is 4.79 Å². The molecule has 1 aromatic rings. The van der Waals surface area contributed by atoms with Gasteiger partial charge in [-0.3, -0.25) is 4.79 Å². The molecule has 2 rings (SSSR count). The number of rotatable bonds is 5. The minimum Gasteiger partial charge on any atom is -0.382 e. The second-order valence-electron chi connectivity index (χ2n) is 7.35. The Bertz CT molecular complexity index is 754. The maximum atomic E-state index is 13.0. The monoisotopic (exact) mass is 423 g/mol. The third-order valence-corrected chi connectivity index (χ3v) is 4.39. The molecular weight excluding hydrogens is 403 g/mol. The second kappa shape index (κ2) is 8.08. The molecular formula is C16H21ClF3N5O3. The van der Waals surface area contributed by atoms with Crippen molar-refractivity contribution in [2.75, 3.05) is 25.6 Å². The van der Waals surface area contributed by atoms with Crippen molar-refractivity contribution in [3.8, 4) is 0 Å². The number of urea groups is 1. The van der Waals surface area contributed by atoms with Gasteiger partial charge in [-0.2, -0.15) is 13.2 Å². The van der Waals surface area contributed by atoms with E-state index in [9.17, 15) is 22.8 Å². The Labute approximate surface area is 164 Å². The molecule has 1 aliphatic heterocycles. The lowest BCUT2D eigenvalue weighted by molar-refractivity contribution is -0.150. The number of aromatic nitrogens is 2. The van der Waals surface area contributed by atoms with Crippen LogP contribution in [0.15, 0.2) is 6.07 Å². The zero-order chi connectivity index (χ0) is 21.3. The van der Waals surface area contributed by atoms with E-state index in [1.54, 1.807) is 20.8 Å². The topological polar surface area (TPSA) is 96.4 Å². The molecule has 1 aliphatic rings. The van der Waals surface area contributed by atoms with Crippen molar-refractivity contribution in [3.05, 3.63) is 16.8 Å². The number of carbonyl (C=O) groups excluding carboxylic acids is 2. The molecule has 12 heteroatoms. The van der Waals surface area contributed by atoms with Crippen LogP contribution >= 0.6 is 11.6 Å². The summed E-state index contributed by atoms with van der Waals surface area (Å²) in [6.45, 7) is 4.36. The Hall–Kier alpha value is -2.14. The number of halogens is 4. The van der Waals surface area contributed by atoms with Gasteiger partial charge in [0.2, 0.25) is 5.91 Å². The van der Waals surface area contributed by atoms with Crippen LogP contribution in [0.2, 0.25) is 5.15 Å². The van der Waals surface area contributed by atoms with Gasteiger partial charge in [0.1, 0.15) is 6.04 Å². The van der Waals surface area contributed by atoms with Crippen molar-refractivity contribution >= 4 is 29.4 Å². The summed E-state index contributed by atoms with van der Waals surface area (Å²) in [7, 11) is 1.34. The summed E-state index contributed by atoms with van der Waals surface area (Å²) in [4.78, 5) is 25.3. The Morgan fingerprint density at radius 3 is 2.57 bits per heavy atom. The molecule has 0 saturated carbocycles. The summed E-state index contributed by atoms with van der Waals surface area (Å²) in [5, 5.41) is 11.9. The Morgan fingerprint density at radius 1 is 1.43 bits per heavy atom. The molecule has 1 fully saturated rings. The molecule has 0 radical (unpaired) electrons. The summed E-state index contributed by atoms with van der Waals surface area (Å²) in [5.74, 6) is -0.276. The van der Waals surface area contributed by atoms with E-state index >= 15 is 0 Å². The van der Waals surface area contributed by atoms with E-state index in [-0.39, 0.29) is 29.0 Å². The zero-order valence-electron chi connectivity index (χ0n) is 15.7. The fraction of sp³-hybridized carbons (Fsp3) is 0.625. The molecule has 2 N–H and O–H groups in total. The highest BCUT2D eigenvalue weighted by Crippen LogP contribution is 2.33. The third kappa shape index (κ3) is 5.02. The highest BCUT2D eigenvalue weighted by atomic mass is 35.5. The van der Waals surface area contributed by atoms with Crippen LogP contribution in [-0.4, -0.2) is 59.5 Å². The summed E-state index contributed by atoms with van der Waals surface area (Å²) in [6.07, 6.45) is -4.59. The van der Waals surface area contributed by atoms with E-state index < -0.39 is 36.3 Å². The Balaban J connectivity index is 2.34. The summed E-state index contributed by atoms with van der Waals surface area (Å²) < 4.78 is 44.0. The number of ether oxygens (including phenoxy) is 1. The molecule has 0 spiro atoms. The first-order chi connectivity index (χ1) is 12.8. The van der Waals surface area contributed by atoms with E-state index in [1.807, 2.05) is 5.32 Å². The lowest BCUT2D eigenvalue weighted by Crippen LogP contribution is -2.40. The van der Waals surface area contributed by atoms with E-state index in [0.717, 1.165) is 4.90 Å². The maximum Gasteiger partial charge on any atom is 0.410 e.